The fourth-order valence-electron chi connectivity index (χ4n) is 3.31. The van der Waals surface area contributed by atoms with Crippen LogP contribution in [-0.2, 0) is 0 Å². The van der Waals surface area contributed by atoms with Crippen LogP contribution >= 0.6 is 0 Å². The van der Waals surface area contributed by atoms with Crippen molar-refractivity contribution < 1.29 is 22.8 Å². The van der Waals surface area contributed by atoms with E-state index in [2.05, 4.69) is 14.7 Å². The molecule has 150 valence electrons. The summed E-state index contributed by atoms with van der Waals surface area (Å²) in [6, 6.07) is 9.95. The Kier molecular flexibility index (Phi) is 5.66. The number of nitro groups is 1. The van der Waals surface area contributed by atoms with Gasteiger partial charge in [0.1, 0.15) is 5.82 Å². The van der Waals surface area contributed by atoms with Gasteiger partial charge < -0.3 is 9.64 Å². The first-order chi connectivity index (χ1) is 13.2. The molecule has 7 nitrogen and oxygen atoms in total. The second kappa shape index (κ2) is 7.99. The van der Waals surface area contributed by atoms with E-state index in [-0.39, 0.29) is 11.6 Å². The maximum absolute atomic E-state index is 12.5. The van der Waals surface area contributed by atoms with Crippen molar-refractivity contribution in [3.05, 3.63) is 51.8 Å². The molecule has 0 N–H and O–H groups in total. The summed E-state index contributed by atoms with van der Waals surface area (Å²) in [7, 11) is 0. The van der Waals surface area contributed by atoms with Crippen molar-refractivity contribution in [2.75, 3.05) is 24.6 Å². The Labute approximate surface area is 159 Å². The minimum absolute atomic E-state index is 0.00110. The zero-order valence-corrected chi connectivity index (χ0v) is 15.1. The largest absolute Gasteiger partial charge is 0.463 e. The number of aromatic nitrogens is 2. The van der Waals surface area contributed by atoms with E-state index < -0.39 is 29.3 Å². The van der Waals surface area contributed by atoms with Crippen molar-refractivity contribution in [1.82, 2.24) is 9.97 Å². The van der Waals surface area contributed by atoms with Gasteiger partial charge in [0.05, 0.1) is 4.92 Å². The molecule has 1 saturated heterocycles. The Morgan fingerprint density at radius 2 is 1.86 bits per heavy atom. The van der Waals surface area contributed by atoms with Gasteiger partial charge in [-0.2, -0.15) is 18.2 Å². The van der Waals surface area contributed by atoms with E-state index in [1.807, 2.05) is 30.3 Å². The summed E-state index contributed by atoms with van der Waals surface area (Å²) in [6.07, 6.45) is -3.12. The van der Waals surface area contributed by atoms with Gasteiger partial charge in [-0.1, -0.05) is 30.3 Å². The Morgan fingerprint density at radius 1 is 1.21 bits per heavy atom. The predicted octanol–water partition coefficient (Wildman–Crippen LogP) is 4.02. The molecule has 2 heterocycles. The van der Waals surface area contributed by atoms with Crippen LogP contribution in [0.1, 0.15) is 30.1 Å². The number of piperidine rings is 1. The number of hydrogen-bond donors (Lipinski definition) is 0. The summed E-state index contributed by atoms with van der Waals surface area (Å²) >= 11 is 0. The summed E-state index contributed by atoms with van der Waals surface area (Å²) in [5, 5.41) is 11.5. The van der Waals surface area contributed by atoms with Crippen LogP contribution in [0, 0.1) is 17.0 Å². The molecule has 1 aromatic carbocycles. The highest BCUT2D eigenvalue weighted by atomic mass is 19.4. The lowest BCUT2D eigenvalue weighted by atomic mass is 9.89. The van der Waals surface area contributed by atoms with Gasteiger partial charge >= 0.3 is 11.9 Å². The summed E-state index contributed by atoms with van der Waals surface area (Å²) < 4.78 is 42.1. The SMILES string of the molecule is Cc1nc(OCC(F)(F)F)c([N+](=O)[O-])c(N2CCC(c3ccccc3)CC2)n1. The van der Waals surface area contributed by atoms with Gasteiger partial charge in [0.2, 0.25) is 5.82 Å². The number of hydrogen-bond acceptors (Lipinski definition) is 6. The number of anilines is 1. The van der Waals surface area contributed by atoms with Crippen molar-refractivity contribution in [3.63, 3.8) is 0 Å². The number of alkyl halides is 3. The number of benzene rings is 1. The second-order valence-corrected chi connectivity index (χ2v) is 6.58. The maximum Gasteiger partial charge on any atom is 0.422 e. The molecular weight excluding hydrogens is 377 g/mol. The monoisotopic (exact) mass is 396 g/mol. The van der Waals surface area contributed by atoms with Gasteiger partial charge in [0.15, 0.2) is 6.61 Å². The molecule has 0 aliphatic carbocycles. The molecule has 0 unspecified atom stereocenters. The van der Waals surface area contributed by atoms with E-state index in [0.717, 1.165) is 12.8 Å². The minimum atomic E-state index is -4.62. The first-order valence-corrected chi connectivity index (χ1v) is 8.77. The van der Waals surface area contributed by atoms with E-state index in [1.165, 1.54) is 12.5 Å². The standard InChI is InChI=1S/C18H19F3N4O3/c1-12-22-16(15(25(26)27)17(23-12)28-11-18(19,20)21)24-9-7-14(8-10-24)13-5-3-2-4-6-13/h2-6,14H,7-11H2,1H3. The number of rotatable bonds is 5. The van der Waals surface area contributed by atoms with Crippen LogP contribution < -0.4 is 9.64 Å². The highest BCUT2D eigenvalue weighted by Crippen LogP contribution is 2.38. The predicted molar refractivity (Wildman–Crippen MR) is 95.6 cm³/mol. The fraction of sp³-hybridized carbons (Fsp3) is 0.444. The Morgan fingerprint density at radius 3 is 2.43 bits per heavy atom. The molecule has 0 atom stereocenters. The lowest BCUT2D eigenvalue weighted by molar-refractivity contribution is -0.385. The molecule has 1 aromatic heterocycles. The lowest BCUT2D eigenvalue weighted by Crippen LogP contribution is -2.34. The molecule has 1 aliphatic rings. The van der Waals surface area contributed by atoms with Crippen LogP contribution in [0.2, 0.25) is 0 Å². The zero-order valence-electron chi connectivity index (χ0n) is 15.1. The van der Waals surface area contributed by atoms with Crippen molar-refractivity contribution in [2.24, 2.45) is 0 Å². The van der Waals surface area contributed by atoms with Gasteiger partial charge in [-0.3, -0.25) is 10.1 Å². The van der Waals surface area contributed by atoms with E-state index >= 15 is 0 Å². The van der Waals surface area contributed by atoms with Crippen molar-refractivity contribution in [1.29, 1.82) is 0 Å². The highest BCUT2D eigenvalue weighted by Gasteiger charge is 2.35. The van der Waals surface area contributed by atoms with Crippen LogP contribution in [0.15, 0.2) is 30.3 Å². The Hall–Kier alpha value is -2.91. The van der Waals surface area contributed by atoms with Crippen molar-refractivity contribution in [3.8, 4) is 5.88 Å². The second-order valence-electron chi connectivity index (χ2n) is 6.58. The van der Waals surface area contributed by atoms with Crippen LogP contribution in [0.25, 0.3) is 0 Å². The number of nitrogens with zero attached hydrogens (tertiary/aromatic N) is 4. The third kappa shape index (κ3) is 4.68. The molecule has 1 fully saturated rings. The molecule has 1 aliphatic heterocycles. The van der Waals surface area contributed by atoms with Crippen molar-refractivity contribution in [2.45, 2.75) is 31.9 Å². The quantitative estimate of drug-likeness (QED) is 0.561. The molecule has 0 bridgehead atoms. The molecule has 0 spiro atoms. The third-order valence-electron chi connectivity index (χ3n) is 4.57. The van der Waals surface area contributed by atoms with Crippen LogP contribution in [0.3, 0.4) is 0 Å². The van der Waals surface area contributed by atoms with Crippen molar-refractivity contribution >= 4 is 11.5 Å². The summed E-state index contributed by atoms with van der Waals surface area (Å²) in [4.78, 5) is 20.3. The van der Waals surface area contributed by atoms with E-state index in [0.29, 0.717) is 19.0 Å². The van der Waals surface area contributed by atoms with Crippen LogP contribution in [0.5, 0.6) is 5.88 Å². The number of ether oxygens (including phenoxy) is 1. The van der Waals surface area contributed by atoms with E-state index in [9.17, 15) is 23.3 Å². The van der Waals surface area contributed by atoms with Crippen LogP contribution in [-0.4, -0.2) is 40.8 Å². The maximum atomic E-state index is 12.5. The highest BCUT2D eigenvalue weighted by molar-refractivity contribution is 5.63. The Balaban J connectivity index is 1.83. The van der Waals surface area contributed by atoms with Gasteiger partial charge in [-0.15, -0.1) is 0 Å². The number of aryl methyl sites for hydroxylation is 1. The smallest absolute Gasteiger partial charge is 0.422 e. The van der Waals surface area contributed by atoms with Gasteiger partial charge in [0.25, 0.3) is 5.88 Å². The molecule has 0 amide bonds. The first kappa shape index (κ1) is 19.8. The number of halogens is 3. The third-order valence-corrected chi connectivity index (χ3v) is 4.57. The first-order valence-electron chi connectivity index (χ1n) is 8.77. The normalized spacial score (nSPS) is 15.5. The lowest BCUT2D eigenvalue weighted by Gasteiger charge is -2.32. The summed E-state index contributed by atoms with van der Waals surface area (Å²) in [5.74, 6) is -0.223. The average molecular weight is 396 g/mol. The zero-order chi connectivity index (χ0) is 20.3. The minimum Gasteiger partial charge on any atom is -0.463 e. The molecule has 28 heavy (non-hydrogen) atoms. The molecule has 0 radical (unpaired) electrons. The molecule has 3 rings (SSSR count). The Bertz CT molecular complexity index is 838. The molecular formula is C18H19F3N4O3. The van der Waals surface area contributed by atoms with Gasteiger partial charge in [0, 0.05) is 13.1 Å². The molecule has 10 heteroatoms. The van der Waals surface area contributed by atoms with Gasteiger partial charge in [-0.25, -0.2) is 4.98 Å². The summed E-state index contributed by atoms with van der Waals surface area (Å²) in [5.41, 5.74) is 0.567. The molecule has 2 aromatic rings. The summed E-state index contributed by atoms with van der Waals surface area (Å²) in [6.45, 7) is 0.801. The average Bonchev–Trinajstić information content (AvgIpc) is 2.66. The fourth-order valence-corrected chi connectivity index (χ4v) is 3.31. The molecule has 0 saturated carbocycles. The van der Waals surface area contributed by atoms with E-state index in [4.69, 9.17) is 0 Å². The van der Waals surface area contributed by atoms with Gasteiger partial charge in [-0.05, 0) is 31.2 Å². The van der Waals surface area contributed by atoms with Crippen LogP contribution in [0.4, 0.5) is 24.7 Å². The van der Waals surface area contributed by atoms with E-state index in [1.54, 1.807) is 4.90 Å². The topological polar surface area (TPSA) is 81.4 Å².